The minimum atomic E-state index is -3.91. The first-order valence-electron chi connectivity index (χ1n) is 6.77. The van der Waals surface area contributed by atoms with Gasteiger partial charge in [-0.05, 0) is 31.0 Å². The topological polar surface area (TPSA) is 80.5 Å². The van der Waals surface area contributed by atoms with Gasteiger partial charge in [0.25, 0.3) is 5.91 Å². The fourth-order valence-electron chi connectivity index (χ4n) is 2.08. The van der Waals surface area contributed by atoms with E-state index in [1.165, 1.54) is 12.1 Å². The molecule has 0 spiro atoms. The van der Waals surface area contributed by atoms with Crippen molar-refractivity contribution in [2.45, 2.75) is 38.0 Å². The van der Waals surface area contributed by atoms with Crippen LogP contribution in [0.25, 0.3) is 0 Å². The molecule has 0 radical (unpaired) electrons. The van der Waals surface area contributed by atoms with Crippen molar-refractivity contribution in [3.8, 4) is 0 Å². The molecule has 0 saturated carbocycles. The van der Waals surface area contributed by atoms with E-state index >= 15 is 0 Å². The maximum atomic E-state index is 12.4. The highest BCUT2D eigenvalue weighted by molar-refractivity contribution is 7.89. The highest BCUT2D eigenvalue weighted by atomic mass is 35.5. The maximum absolute atomic E-state index is 12.4. The fourth-order valence-corrected chi connectivity index (χ4v) is 3.19. The van der Waals surface area contributed by atoms with E-state index in [9.17, 15) is 13.2 Å². The summed E-state index contributed by atoms with van der Waals surface area (Å²) in [5.74, 6) is -0.254. The zero-order valence-electron chi connectivity index (χ0n) is 12.5. The monoisotopic (exact) mass is 332 g/mol. The van der Waals surface area contributed by atoms with E-state index < -0.39 is 10.0 Å². The van der Waals surface area contributed by atoms with Gasteiger partial charge in [-0.15, -0.1) is 0 Å². The zero-order valence-corrected chi connectivity index (χ0v) is 14.1. The summed E-state index contributed by atoms with van der Waals surface area (Å²) in [5, 5.41) is 5.33. The van der Waals surface area contributed by atoms with Crippen LogP contribution < -0.4 is 5.14 Å². The number of unbranched alkanes of at least 4 members (excludes halogenated alkanes) is 2. The second-order valence-electron chi connectivity index (χ2n) is 5.06. The van der Waals surface area contributed by atoms with E-state index in [0.717, 1.165) is 19.3 Å². The Hall–Kier alpha value is -1.11. The van der Waals surface area contributed by atoms with Crippen LogP contribution in [0, 0.1) is 6.92 Å². The quantitative estimate of drug-likeness (QED) is 0.813. The fraction of sp³-hybridized carbons (Fsp3) is 0.500. The number of sulfonamides is 1. The van der Waals surface area contributed by atoms with Crippen LogP contribution in [-0.2, 0) is 10.0 Å². The van der Waals surface area contributed by atoms with Crippen molar-refractivity contribution in [3.05, 3.63) is 28.3 Å². The van der Waals surface area contributed by atoms with Crippen LogP contribution >= 0.6 is 11.6 Å². The molecule has 2 N–H and O–H groups in total. The Balaban J connectivity index is 3.13. The van der Waals surface area contributed by atoms with E-state index in [1.807, 2.05) is 0 Å². The lowest BCUT2D eigenvalue weighted by molar-refractivity contribution is 0.0791. The van der Waals surface area contributed by atoms with Gasteiger partial charge in [-0.3, -0.25) is 4.79 Å². The summed E-state index contributed by atoms with van der Waals surface area (Å²) in [5.41, 5.74) is 0.597. The molecule has 0 heterocycles. The Morgan fingerprint density at radius 2 is 1.95 bits per heavy atom. The van der Waals surface area contributed by atoms with Crippen LogP contribution in [-0.4, -0.2) is 32.8 Å². The number of nitrogens with zero attached hydrogens (tertiary/aromatic N) is 1. The van der Waals surface area contributed by atoms with E-state index in [-0.39, 0.29) is 21.4 Å². The Morgan fingerprint density at radius 1 is 1.33 bits per heavy atom. The van der Waals surface area contributed by atoms with Crippen molar-refractivity contribution in [3.63, 3.8) is 0 Å². The molecule has 0 bridgehead atoms. The molecular weight excluding hydrogens is 312 g/mol. The molecule has 7 heteroatoms. The van der Waals surface area contributed by atoms with E-state index in [4.69, 9.17) is 16.7 Å². The first-order valence-corrected chi connectivity index (χ1v) is 8.69. The lowest BCUT2D eigenvalue weighted by atomic mass is 10.1. The van der Waals surface area contributed by atoms with Crippen molar-refractivity contribution in [2.75, 3.05) is 13.6 Å². The average molecular weight is 333 g/mol. The highest BCUT2D eigenvalue weighted by Crippen LogP contribution is 2.24. The number of rotatable bonds is 6. The summed E-state index contributed by atoms with van der Waals surface area (Å²) < 4.78 is 23.1. The van der Waals surface area contributed by atoms with Gasteiger partial charge in [0, 0.05) is 24.2 Å². The molecule has 0 aliphatic rings. The van der Waals surface area contributed by atoms with E-state index in [1.54, 1.807) is 18.9 Å². The van der Waals surface area contributed by atoms with Gasteiger partial charge in [-0.1, -0.05) is 31.4 Å². The lowest BCUT2D eigenvalue weighted by Gasteiger charge is -2.19. The van der Waals surface area contributed by atoms with Crippen molar-refractivity contribution < 1.29 is 13.2 Å². The van der Waals surface area contributed by atoms with Crippen LogP contribution in [0.4, 0.5) is 0 Å². The largest absolute Gasteiger partial charge is 0.342 e. The molecule has 21 heavy (non-hydrogen) atoms. The number of primary sulfonamides is 1. The number of hydrogen-bond acceptors (Lipinski definition) is 3. The van der Waals surface area contributed by atoms with Crippen LogP contribution in [0.1, 0.15) is 42.1 Å². The van der Waals surface area contributed by atoms with Crippen molar-refractivity contribution >= 4 is 27.5 Å². The third-order valence-electron chi connectivity index (χ3n) is 3.31. The number of carbonyl (C=O) groups is 1. The van der Waals surface area contributed by atoms with Crippen LogP contribution in [0.15, 0.2) is 17.0 Å². The number of amides is 1. The normalized spacial score (nSPS) is 11.5. The summed E-state index contributed by atoms with van der Waals surface area (Å²) in [7, 11) is -2.22. The Labute approximate surface area is 131 Å². The molecule has 118 valence electrons. The van der Waals surface area contributed by atoms with Gasteiger partial charge in [0.2, 0.25) is 10.0 Å². The summed E-state index contributed by atoms with van der Waals surface area (Å²) >= 11 is 5.91. The maximum Gasteiger partial charge on any atom is 0.253 e. The molecule has 0 atom stereocenters. The smallest absolute Gasteiger partial charge is 0.253 e. The number of carbonyl (C=O) groups excluding carboxylic acids is 1. The molecule has 0 aliphatic heterocycles. The molecule has 0 aromatic heterocycles. The number of benzene rings is 1. The molecule has 1 amide bonds. The molecule has 0 unspecified atom stereocenters. The Kier molecular flexibility index (Phi) is 6.19. The zero-order chi connectivity index (χ0) is 16.2. The molecule has 0 saturated heterocycles. The Morgan fingerprint density at radius 3 is 2.48 bits per heavy atom. The third kappa shape index (κ3) is 4.69. The van der Waals surface area contributed by atoms with Gasteiger partial charge in [0.05, 0.1) is 4.90 Å². The van der Waals surface area contributed by atoms with Gasteiger partial charge < -0.3 is 4.90 Å². The molecule has 1 aromatic rings. The van der Waals surface area contributed by atoms with Gasteiger partial charge in [0.15, 0.2) is 0 Å². The van der Waals surface area contributed by atoms with Crippen molar-refractivity contribution in [2.24, 2.45) is 5.14 Å². The Bertz CT molecular complexity index is 629. The standard InChI is InChI=1S/C14H21ClN2O3S/c1-4-5-6-7-17(3)14(18)12-8-11(15)9-13(10(12)2)21(16,19)20/h8-9H,4-7H2,1-3H3,(H2,16,19,20). The number of nitrogens with two attached hydrogens (primary N) is 1. The van der Waals surface area contributed by atoms with Gasteiger partial charge in [0.1, 0.15) is 0 Å². The van der Waals surface area contributed by atoms with Gasteiger partial charge >= 0.3 is 0 Å². The molecule has 5 nitrogen and oxygen atoms in total. The van der Waals surface area contributed by atoms with Crippen molar-refractivity contribution in [1.82, 2.24) is 4.90 Å². The second-order valence-corrected chi connectivity index (χ2v) is 7.02. The van der Waals surface area contributed by atoms with E-state index in [0.29, 0.717) is 12.1 Å². The molecule has 0 aliphatic carbocycles. The van der Waals surface area contributed by atoms with Crippen LogP contribution in [0.3, 0.4) is 0 Å². The number of halogens is 1. The molecule has 1 aromatic carbocycles. The molecular formula is C14H21ClN2O3S. The minimum absolute atomic E-state index is 0.111. The molecule has 0 fully saturated rings. The summed E-state index contributed by atoms with van der Waals surface area (Å²) in [6.45, 7) is 4.26. The van der Waals surface area contributed by atoms with Gasteiger partial charge in [-0.2, -0.15) is 0 Å². The third-order valence-corrected chi connectivity index (χ3v) is 4.56. The van der Waals surface area contributed by atoms with Gasteiger partial charge in [-0.25, -0.2) is 13.6 Å². The van der Waals surface area contributed by atoms with Crippen LogP contribution in [0.5, 0.6) is 0 Å². The first kappa shape index (κ1) is 17.9. The summed E-state index contributed by atoms with van der Waals surface area (Å²) in [6, 6.07) is 2.74. The minimum Gasteiger partial charge on any atom is -0.342 e. The summed E-state index contributed by atoms with van der Waals surface area (Å²) in [4.78, 5) is 13.9. The first-order chi connectivity index (χ1) is 9.68. The second kappa shape index (κ2) is 7.24. The molecule has 1 rings (SSSR count). The predicted octanol–water partition coefficient (Wildman–Crippen LogP) is 2.56. The average Bonchev–Trinajstić information content (AvgIpc) is 2.39. The summed E-state index contributed by atoms with van der Waals surface area (Å²) in [6.07, 6.45) is 3.00. The lowest BCUT2D eigenvalue weighted by Crippen LogP contribution is -2.29. The SMILES string of the molecule is CCCCCN(C)C(=O)c1cc(Cl)cc(S(N)(=O)=O)c1C. The van der Waals surface area contributed by atoms with Crippen LogP contribution in [0.2, 0.25) is 5.02 Å². The van der Waals surface area contributed by atoms with E-state index in [2.05, 4.69) is 6.92 Å². The number of hydrogen-bond donors (Lipinski definition) is 1. The predicted molar refractivity (Wildman–Crippen MR) is 84.0 cm³/mol. The highest BCUT2D eigenvalue weighted by Gasteiger charge is 2.21. The van der Waals surface area contributed by atoms with Crippen molar-refractivity contribution in [1.29, 1.82) is 0 Å².